The zero-order valence-electron chi connectivity index (χ0n) is 18.4. The van der Waals surface area contributed by atoms with Gasteiger partial charge in [-0.3, -0.25) is 14.6 Å². The summed E-state index contributed by atoms with van der Waals surface area (Å²) < 4.78 is 5.74. The molecule has 2 aromatic heterocycles. The van der Waals surface area contributed by atoms with Gasteiger partial charge in [-0.25, -0.2) is 4.98 Å². The minimum absolute atomic E-state index is 0.273. The zero-order valence-corrected chi connectivity index (χ0v) is 19.2. The van der Waals surface area contributed by atoms with Gasteiger partial charge in [-0.2, -0.15) is 0 Å². The molecule has 2 aromatic carbocycles. The molecule has 170 valence electrons. The standard InChI is InChI=1S/C26H22N4O3S/c1-18-28-23(17-34-18)16-33-24-8-5-19(6-9-24)7-10-25(31)29-22-4-2-3-20(15-22)26(32)30-21-11-13-27-14-12-21/h2-15,17H,16H2,1H3,(H,29,31)(H,27,30,32)/b10-7+. The van der Waals surface area contributed by atoms with Gasteiger partial charge in [0, 0.05) is 40.8 Å². The molecule has 7 nitrogen and oxygen atoms in total. The van der Waals surface area contributed by atoms with Crippen molar-refractivity contribution in [3.63, 3.8) is 0 Å². The van der Waals surface area contributed by atoms with Crippen LogP contribution in [-0.4, -0.2) is 21.8 Å². The lowest BCUT2D eigenvalue weighted by Crippen LogP contribution is -2.13. The molecule has 0 bridgehead atoms. The van der Waals surface area contributed by atoms with E-state index in [1.807, 2.05) is 36.6 Å². The Morgan fingerprint density at radius 2 is 1.79 bits per heavy atom. The first-order valence-corrected chi connectivity index (χ1v) is 11.4. The van der Waals surface area contributed by atoms with Crippen molar-refractivity contribution >= 4 is 40.6 Å². The average molecular weight is 471 g/mol. The van der Waals surface area contributed by atoms with Crippen LogP contribution in [0.3, 0.4) is 0 Å². The van der Waals surface area contributed by atoms with E-state index in [1.165, 1.54) is 6.08 Å². The predicted octanol–water partition coefficient (Wildman–Crippen LogP) is 5.33. The molecule has 4 aromatic rings. The molecule has 2 amide bonds. The van der Waals surface area contributed by atoms with Gasteiger partial charge in [0.1, 0.15) is 12.4 Å². The number of aryl methyl sites for hydroxylation is 1. The van der Waals surface area contributed by atoms with Crippen molar-refractivity contribution in [1.29, 1.82) is 0 Å². The fourth-order valence-electron chi connectivity index (χ4n) is 3.04. The molecule has 0 saturated carbocycles. The number of hydrogen-bond donors (Lipinski definition) is 2. The van der Waals surface area contributed by atoms with Gasteiger partial charge in [-0.1, -0.05) is 18.2 Å². The van der Waals surface area contributed by atoms with Crippen LogP contribution in [0, 0.1) is 6.92 Å². The molecule has 0 radical (unpaired) electrons. The molecule has 8 heteroatoms. The number of anilines is 2. The van der Waals surface area contributed by atoms with E-state index in [2.05, 4.69) is 20.6 Å². The predicted molar refractivity (Wildman–Crippen MR) is 134 cm³/mol. The van der Waals surface area contributed by atoms with Crippen LogP contribution in [-0.2, 0) is 11.4 Å². The van der Waals surface area contributed by atoms with Crippen molar-refractivity contribution in [2.75, 3.05) is 10.6 Å². The molecule has 34 heavy (non-hydrogen) atoms. The highest BCUT2D eigenvalue weighted by molar-refractivity contribution is 7.09. The number of thiazole rings is 1. The van der Waals surface area contributed by atoms with E-state index in [0.29, 0.717) is 23.5 Å². The third-order valence-corrected chi connectivity index (χ3v) is 5.51. The SMILES string of the molecule is Cc1nc(COc2ccc(/C=C/C(=O)Nc3cccc(C(=O)Nc4ccncc4)c3)cc2)cs1. The Labute approximate surface area is 201 Å². The van der Waals surface area contributed by atoms with E-state index in [1.54, 1.807) is 66.2 Å². The Bertz CT molecular complexity index is 1300. The Hall–Kier alpha value is -4.30. The van der Waals surface area contributed by atoms with Crippen LogP contribution in [0.4, 0.5) is 11.4 Å². The summed E-state index contributed by atoms with van der Waals surface area (Å²) >= 11 is 1.59. The summed E-state index contributed by atoms with van der Waals surface area (Å²) in [5, 5.41) is 8.56. The fraction of sp³-hybridized carbons (Fsp3) is 0.0769. The summed E-state index contributed by atoms with van der Waals surface area (Å²) in [6.45, 7) is 2.38. The van der Waals surface area contributed by atoms with Crippen LogP contribution in [0.25, 0.3) is 6.08 Å². The first-order chi connectivity index (χ1) is 16.5. The molecule has 0 saturated heterocycles. The maximum Gasteiger partial charge on any atom is 0.255 e. The van der Waals surface area contributed by atoms with E-state index >= 15 is 0 Å². The number of rotatable bonds is 8. The lowest BCUT2D eigenvalue weighted by molar-refractivity contribution is -0.111. The lowest BCUT2D eigenvalue weighted by Gasteiger charge is -2.07. The number of benzene rings is 2. The number of pyridine rings is 1. The quantitative estimate of drug-likeness (QED) is 0.340. The smallest absolute Gasteiger partial charge is 0.255 e. The van der Waals surface area contributed by atoms with Crippen molar-refractivity contribution in [2.24, 2.45) is 0 Å². The normalized spacial score (nSPS) is 10.7. The van der Waals surface area contributed by atoms with E-state index in [-0.39, 0.29) is 11.8 Å². The van der Waals surface area contributed by atoms with Crippen molar-refractivity contribution in [1.82, 2.24) is 9.97 Å². The van der Waals surface area contributed by atoms with Crippen LogP contribution < -0.4 is 15.4 Å². The minimum Gasteiger partial charge on any atom is -0.487 e. The summed E-state index contributed by atoms with van der Waals surface area (Å²) in [7, 11) is 0. The van der Waals surface area contributed by atoms with Crippen molar-refractivity contribution < 1.29 is 14.3 Å². The maximum atomic E-state index is 12.4. The minimum atomic E-state index is -0.300. The first-order valence-electron chi connectivity index (χ1n) is 10.5. The van der Waals surface area contributed by atoms with Crippen LogP contribution in [0.1, 0.15) is 26.6 Å². The van der Waals surface area contributed by atoms with Gasteiger partial charge in [0.25, 0.3) is 5.91 Å². The van der Waals surface area contributed by atoms with Crippen molar-refractivity contribution in [2.45, 2.75) is 13.5 Å². The molecule has 2 N–H and O–H groups in total. The number of nitrogens with one attached hydrogen (secondary N) is 2. The van der Waals surface area contributed by atoms with Gasteiger partial charge in [-0.05, 0) is 61.0 Å². The van der Waals surface area contributed by atoms with Crippen LogP contribution >= 0.6 is 11.3 Å². The molecule has 4 rings (SSSR count). The third-order valence-electron chi connectivity index (χ3n) is 4.69. The number of carbonyl (C=O) groups is 2. The highest BCUT2D eigenvalue weighted by Crippen LogP contribution is 2.17. The average Bonchev–Trinajstić information content (AvgIpc) is 3.28. The largest absolute Gasteiger partial charge is 0.487 e. The molecular formula is C26H22N4O3S. The van der Waals surface area contributed by atoms with Gasteiger partial charge < -0.3 is 15.4 Å². The van der Waals surface area contributed by atoms with Gasteiger partial charge in [0.15, 0.2) is 0 Å². The monoisotopic (exact) mass is 470 g/mol. The number of aromatic nitrogens is 2. The molecule has 0 atom stereocenters. The molecule has 0 aliphatic carbocycles. The van der Waals surface area contributed by atoms with Gasteiger partial charge in [-0.15, -0.1) is 11.3 Å². The number of hydrogen-bond acceptors (Lipinski definition) is 6. The van der Waals surface area contributed by atoms with Gasteiger partial charge >= 0.3 is 0 Å². The second-order valence-electron chi connectivity index (χ2n) is 7.31. The fourth-order valence-corrected chi connectivity index (χ4v) is 3.64. The maximum absolute atomic E-state index is 12.4. The summed E-state index contributed by atoms with van der Waals surface area (Å²) in [6, 6.07) is 17.6. The Kier molecular flexibility index (Phi) is 7.42. The van der Waals surface area contributed by atoms with E-state index in [4.69, 9.17) is 4.74 Å². The second-order valence-corrected chi connectivity index (χ2v) is 8.37. The lowest BCUT2D eigenvalue weighted by atomic mass is 10.1. The van der Waals surface area contributed by atoms with E-state index in [0.717, 1.165) is 22.0 Å². The van der Waals surface area contributed by atoms with E-state index < -0.39 is 0 Å². The van der Waals surface area contributed by atoms with Crippen LogP contribution in [0.2, 0.25) is 0 Å². The molecule has 0 fully saturated rings. The summed E-state index contributed by atoms with van der Waals surface area (Å²) in [5.41, 5.74) is 3.37. The van der Waals surface area contributed by atoms with Crippen LogP contribution in [0.5, 0.6) is 5.75 Å². The van der Waals surface area contributed by atoms with Gasteiger partial charge in [0.2, 0.25) is 5.91 Å². The first kappa shape index (κ1) is 22.9. The Morgan fingerprint density at radius 3 is 2.53 bits per heavy atom. The topological polar surface area (TPSA) is 93.2 Å². The van der Waals surface area contributed by atoms with Crippen LogP contribution in [0.15, 0.2) is 84.5 Å². The van der Waals surface area contributed by atoms with Crippen molar-refractivity contribution in [3.05, 3.63) is 106 Å². The zero-order chi connectivity index (χ0) is 23.8. The second kappa shape index (κ2) is 11.0. The third kappa shape index (κ3) is 6.60. The van der Waals surface area contributed by atoms with Crippen molar-refractivity contribution in [3.8, 4) is 5.75 Å². The van der Waals surface area contributed by atoms with Gasteiger partial charge in [0.05, 0.1) is 10.7 Å². The number of amides is 2. The molecule has 0 aliphatic rings. The summed E-state index contributed by atoms with van der Waals surface area (Å²) in [5.74, 6) is 0.157. The number of nitrogens with zero attached hydrogens (tertiary/aromatic N) is 2. The molecule has 0 spiro atoms. The Morgan fingerprint density at radius 1 is 1.00 bits per heavy atom. The number of carbonyl (C=O) groups excluding carboxylic acids is 2. The van der Waals surface area contributed by atoms with E-state index in [9.17, 15) is 9.59 Å². The molecule has 0 aliphatic heterocycles. The highest BCUT2D eigenvalue weighted by Gasteiger charge is 2.08. The molecule has 0 unspecified atom stereocenters. The highest BCUT2D eigenvalue weighted by atomic mass is 32.1. The Balaban J connectivity index is 1.30. The summed E-state index contributed by atoms with van der Waals surface area (Å²) in [4.78, 5) is 33.1. The summed E-state index contributed by atoms with van der Waals surface area (Å²) in [6.07, 6.45) is 6.35. The molecule has 2 heterocycles. The number of ether oxygens (including phenoxy) is 1. The molecular weight excluding hydrogens is 448 g/mol.